The summed E-state index contributed by atoms with van der Waals surface area (Å²) >= 11 is 0. The van der Waals surface area contributed by atoms with Gasteiger partial charge in [0.1, 0.15) is 0 Å². The van der Waals surface area contributed by atoms with Crippen molar-refractivity contribution in [2.24, 2.45) is 0 Å². The van der Waals surface area contributed by atoms with Gasteiger partial charge in [0, 0.05) is 6.54 Å². The first-order valence-electron chi connectivity index (χ1n) is 7.38. The number of benzene rings is 1. The Kier molecular flexibility index (Phi) is 5.40. The molecule has 2 N–H and O–H groups in total. The molecule has 2 rings (SSSR count). The van der Waals surface area contributed by atoms with Gasteiger partial charge in [0.25, 0.3) is 0 Å². The minimum Gasteiger partial charge on any atom is -0.354 e. The number of aryl methyl sites for hydroxylation is 1. The summed E-state index contributed by atoms with van der Waals surface area (Å²) in [5.41, 5.74) is 2.69. The largest absolute Gasteiger partial charge is 0.354 e. The standard InChI is InChI=1S/C16H24N2O/c1-2-4-13-6-8-14(9-7-13)10-12-18-16(19)15-5-3-11-17-15/h6-9,15,17H,2-5,10-12H2,1H3,(H,18,19). The van der Waals surface area contributed by atoms with Crippen LogP contribution in [0.1, 0.15) is 37.3 Å². The fourth-order valence-electron chi connectivity index (χ4n) is 2.52. The molecule has 1 amide bonds. The van der Waals surface area contributed by atoms with E-state index < -0.39 is 0 Å². The molecule has 1 atom stereocenters. The maximum atomic E-state index is 11.8. The molecule has 19 heavy (non-hydrogen) atoms. The van der Waals surface area contributed by atoms with Crippen LogP contribution in [0.3, 0.4) is 0 Å². The zero-order valence-corrected chi connectivity index (χ0v) is 11.7. The van der Waals surface area contributed by atoms with Crippen LogP contribution >= 0.6 is 0 Å². The third kappa shape index (κ3) is 4.35. The van der Waals surface area contributed by atoms with Crippen LogP contribution in [0, 0.1) is 0 Å². The van der Waals surface area contributed by atoms with Crippen molar-refractivity contribution in [3.05, 3.63) is 35.4 Å². The van der Waals surface area contributed by atoms with Gasteiger partial charge < -0.3 is 10.6 Å². The minimum absolute atomic E-state index is 0.0342. The highest BCUT2D eigenvalue weighted by molar-refractivity contribution is 5.81. The highest BCUT2D eigenvalue weighted by Crippen LogP contribution is 2.07. The quantitative estimate of drug-likeness (QED) is 0.822. The Morgan fingerprint density at radius 3 is 2.53 bits per heavy atom. The first kappa shape index (κ1) is 14.1. The van der Waals surface area contributed by atoms with Gasteiger partial charge in [-0.25, -0.2) is 0 Å². The number of nitrogens with one attached hydrogen (secondary N) is 2. The van der Waals surface area contributed by atoms with Crippen LogP contribution in [0.5, 0.6) is 0 Å². The molecule has 104 valence electrons. The second kappa shape index (κ2) is 7.29. The Labute approximate surface area is 115 Å². The van der Waals surface area contributed by atoms with Gasteiger partial charge in [0.15, 0.2) is 0 Å². The van der Waals surface area contributed by atoms with E-state index in [1.807, 2.05) is 0 Å². The highest BCUT2D eigenvalue weighted by atomic mass is 16.2. The van der Waals surface area contributed by atoms with Gasteiger partial charge in [-0.1, -0.05) is 37.6 Å². The number of carbonyl (C=O) groups is 1. The fourth-order valence-corrected chi connectivity index (χ4v) is 2.52. The van der Waals surface area contributed by atoms with Gasteiger partial charge in [-0.3, -0.25) is 4.79 Å². The molecule has 3 nitrogen and oxygen atoms in total. The topological polar surface area (TPSA) is 41.1 Å². The van der Waals surface area contributed by atoms with Crippen LogP contribution in [0.2, 0.25) is 0 Å². The normalized spacial score (nSPS) is 18.5. The number of carbonyl (C=O) groups excluding carboxylic acids is 1. The average Bonchev–Trinajstić information content (AvgIpc) is 2.95. The molecular weight excluding hydrogens is 236 g/mol. The number of hydrogen-bond donors (Lipinski definition) is 2. The molecule has 1 aliphatic rings. The molecule has 1 saturated heterocycles. The van der Waals surface area contributed by atoms with Crippen molar-refractivity contribution < 1.29 is 4.79 Å². The maximum absolute atomic E-state index is 11.8. The van der Waals surface area contributed by atoms with Crippen molar-refractivity contribution >= 4 is 5.91 Å². The van der Waals surface area contributed by atoms with Gasteiger partial charge in [-0.15, -0.1) is 0 Å². The fraction of sp³-hybridized carbons (Fsp3) is 0.562. The van der Waals surface area contributed by atoms with Crippen LogP contribution in [-0.2, 0) is 17.6 Å². The van der Waals surface area contributed by atoms with E-state index in [-0.39, 0.29) is 11.9 Å². The monoisotopic (exact) mass is 260 g/mol. The second-order valence-corrected chi connectivity index (χ2v) is 5.26. The van der Waals surface area contributed by atoms with Crippen LogP contribution in [-0.4, -0.2) is 25.0 Å². The number of hydrogen-bond acceptors (Lipinski definition) is 2. The lowest BCUT2D eigenvalue weighted by atomic mass is 10.1. The summed E-state index contributed by atoms with van der Waals surface area (Å²) in [5.74, 6) is 0.153. The lowest BCUT2D eigenvalue weighted by molar-refractivity contribution is -0.122. The van der Waals surface area contributed by atoms with Crippen molar-refractivity contribution in [1.29, 1.82) is 0 Å². The van der Waals surface area contributed by atoms with Crippen molar-refractivity contribution in [3.8, 4) is 0 Å². The number of amides is 1. The van der Waals surface area contributed by atoms with E-state index in [1.165, 1.54) is 17.5 Å². The van der Waals surface area contributed by atoms with Gasteiger partial charge in [-0.05, 0) is 43.4 Å². The summed E-state index contributed by atoms with van der Waals surface area (Å²) in [6.45, 7) is 3.89. The summed E-state index contributed by atoms with van der Waals surface area (Å²) in [6.07, 6.45) is 5.31. The lowest BCUT2D eigenvalue weighted by Gasteiger charge is -2.11. The van der Waals surface area contributed by atoms with E-state index in [9.17, 15) is 4.79 Å². The lowest BCUT2D eigenvalue weighted by Crippen LogP contribution is -2.41. The molecule has 1 aromatic rings. The van der Waals surface area contributed by atoms with E-state index in [2.05, 4.69) is 41.8 Å². The average molecular weight is 260 g/mol. The maximum Gasteiger partial charge on any atom is 0.237 e. The molecule has 0 spiro atoms. The Hall–Kier alpha value is -1.35. The van der Waals surface area contributed by atoms with Crippen molar-refractivity contribution in [1.82, 2.24) is 10.6 Å². The Balaban J connectivity index is 1.71. The van der Waals surface area contributed by atoms with Crippen molar-refractivity contribution in [2.45, 2.75) is 45.1 Å². The molecule has 1 fully saturated rings. The second-order valence-electron chi connectivity index (χ2n) is 5.26. The highest BCUT2D eigenvalue weighted by Gasteiger charge is 2.21. The van der Waals surface area contributed by atoms with E-state index in [0.29, 0.717) is 0 Å². The summed E-state index contributed by atoms with van der Waals surface area (Å²) in [6, 6.07) is 8.76. The first-order chi connectivity index (χ1) is 9.29. The predicted octanol–water partition coefficient (Wildman–Crippen LogP) is 2.05. The van der Waals surface area contributed by atoms with Gasteiger partial charge in [0.2, 0.25) is 5.91 Å². The van der Waals surface area contributed by atoms with Gasteiger partial charge in [0.05, 0.1) is 6.04 Å². The molecule has 0 saturated carbocycles. The van der Waals surface area contributed by atoms with E-state index in [1.54, 1.807) is 0 Å². The first-order valence-corrected chi connectivity index (χ1v) is 7.38. The molecule has 0 radical (unpaired) electrons. The van der Waals surface area contributed by atoms with Crippen LogP contribution < -0.4 is 10.6 Å². The van der Waals surface area contributed by atoms with Gasteiger partial charge in [-0.2, -0.15) is 0 Å². The molecule has 1 aromatic carbocycles. The Morgan fingerprint density at radius 2 is 1.95 bits per heavy atom. The molecular formula is C16H24N2O. The van der Waals surface area contributed by atoms with Crippen LogP contribution in [0.4, 0.5) is 0 Å². The minimum atomic E-state index is 0.0342. The smallest absolute Gasteiger partial charge is 0.237 e. The summed E-state index contributed by atoms with van der Waals surface area (Å²) in [5, 5.41) is 6.23. The van der Waals surface area contributed by atoms with E-state index >= 15 is 0 Å². The Morgan fingerprint density at radius 1 is 1.26 bits per heavy atom. The zero-order chi connectivity index (χ0) is 13.5. The number of rotatable bonds is 6. The van der Waals surface area contributed by atoms with E-state index in [0.717, 1.165) is 38.8 Å². The predicted molar refractivity (Wildman–Crippen MR) is 78.2 cm³/mol. The molecule has 0 aliphatic carbocycles. The van der Waals surface area contributed by atoms with Crippen LogP contribution in [0.15, 0.2) is 24.3 Å². The Bertz CT molecular complexity index is 394. The SMILES string of the molecule is CCCc1ccc(CCNC(=O)C2CCCN2)cc1. The molecule has 1 heterocycles. The molecule has 1 aliphatic heterocycles. The third-order valence-corrected chi connectivity index (χ3v) is 3.65. The molecule has 1 unspecified atom stereocenters. The molecule has 0 bridgehead atoms. The summed E-state index contributed by atoms with van der Waals surface area (Å²) in [4.78, 5) is 11.8. The van der Waals surface area contributed by atoms with Gasteiger partial charge >= 0.3 is 0 Å². The van der Waals surface area contributed by atoms with E-state index in [4.69, 9.17) is 0 Å². The zero-order valence-electron chi connectivity index (χ0n) is 11.7. The van der Waals surface area contributed by atoms with Crippen molar-refractivity contribution in [3.63, 3.8) is 0 Å². The van der Waals surface area contributed by atoms with Crippen LogP contribution in [0.25, 0.3) is 0 Å². The molecule has 0 aromatic heterocycles. The van der Waals surface area contributed by atoms with Crippen molar-refractivity contribution in [2.75, 3.05) is 13.1 Å². The third-order valence-electron chi connectivity index (χ3n) is 3.65. The molecule has 3 heteroatoms. The summed E-state index contributed by atoms with van der Waals surface area (Å²) in [7, 11) is 0. The summed E-state index contributed by atoms with van der Waals surface area (Å²) < 4.78 is 0.